The minimum atomic E-state index is -0.810. The molecular weight excluding hydrogens is 578 g/mol. The van der Waals surface area contributed by atoms with Gasteiger partial charge in [-0.2, -0.15) is 0 Å². The first-order valence-corrected chi connectivity index (χ1v) is 15.4. The smallest absolute Gasteiger partial charge is 0.254 e. The highest BCUT2D eigenvalue weighted by atomic mass is 16.5. The van der Waals surface area contributed by atoms with Crippen molar-refractivity contribution in [3.63, 3.8) is 0 Å². The molecule has 0 saturated heterocycles. The number of methoxy groups -OCH3 is 1. The first kappa shape index (κ1) is 35.2. The molecule has 3 amide bonds. The monoisotopic (exact) mass is 625 g/mol. The minimum Gasteiger partial charge on any atom is -0.493 e. The van der Waals surface area contributed by atoms with E-state index in [0.717, 1.165) is 12.8 Å². The standard InChI is InChI=1S/C33H47N5O7/c1-19(2)29(34)32(40)35-22(7)31(39)36-30-25-13-12-24(18-27(25)45-37-30)43-15-9-10-16-44-26-14-11-23(17-28(26)42-8)33(41)38(20(3)4)21(5)6/h11-14,17-22,29H,9-10,15-16,34H2,1-8H3,(H,35,40)(H,36,37,39). The van der Waals surface area contributed by atoms with Gasteiger partial charge in [0.05, 0.1) is 31.8 Å². The summed E-state index contributed by atoms with van der Waals surface area (Å²) in [5.74, 6) is 0.990. The van der Waals surface area contributed by atoms with E-state index in [0.29, 0.717) is 47.0 Å². The summed E-state index contributed by atoms with van der Waals surface area (Å²) in [5.41, 5.74) is 6.86. The number of nitrogens with one attached hydrogen (secondary N) is 2. The van der Waals surface area contributed by atoms with Crippen LogP contribution in [0.15, 0.2) is 40.9 Å². The van der Waals surface area contributed by atoms with E-state index in [4.69, 9.17) is 24.5 Å². The highest BCUT2D eigenvalue weighted by molar-refractivity contribution is 6.02. The van der Waals surface area contributed by atoms with Gasteiger partial charge in [0, 0.05) is 23.7 Å². The summed E-state index contributed by atoms with van der Waals surface area (Å²) in [5, 5.41) is 9.86. The lowest BCUT2D eigenvalue weighted by Gasteiger charge is -2.31. The number of unbranched alkanes of at least 4 members (excludes halogenated alkanes) is 1. The average Bonchev–Trinajstić information content (AvgIpc) is 3.39. The number of carbonyl (C=O) groups excluding carboxylic acids is 3. The zero-order chi connectivity index (χ0) is 33.3. The third-order valence-corrected chi connectivity index (χ3v) is 7.28. The molecule has 2 atom stereocenters. The lowest BCUT2D eigenvalue weighted by molar-refractivity contribution is -0.127. The zero-order valence-electron chi connectivity index (χ0n) is 27.5. The van der Waals surface area contributed by atoms with Crippen molar-refractivity contribution in [1.29, 1.82) is 0 Å². The minimum absolute atomic E-state index is 0.0470. The predicted molar refractivity (Wildman–Crippen MR) is 173 cm³/mol. The number of amides is 3. The van der Waals surface area contributed by atoms with E-state index >= 15 is 0 Å². The first-order chi connectivity index (χ1) is 21.3. The topological polar surface area (TPSA) is 158 Å². The van der Waals surface area contributed by atoms with Gasteiger partial charge in [-0.1, -0.05) is 19.0 Å². The van der Waals surface area contributed by atoms with E-state index in [1.165, 1.54) is 0 Å². The highest BCUT2D eigenvalue weighted by Crippen LogP contribution is 2.30. The molecule has 4 N–H and O–H groups in total. The summed E-state index contributed by atoms with van der Waals surface area (Å²) in [6.07, 6.45) is 1.46. The number of benzene rings is 2. The van der Waals surface area contributed by atoms with Gasteiger partial charge in [-0.3, -0.25) is 14.4 Å². The molecule has 12 heteroatoms. The number of anilines is 1. The molecule has 1 aromatic heterocycles. The maximum absolute atomic E-state index is 13.0. The van der Waals surface area contributed by atoms with Crippen molar-refractivity contribution in [2.75, 3.05) is 25.6 Å². The van der Waals surface area contributed by atoms with E-state index in [1.807, 2.05) is 46.4 Å². The highest BCUT2D eigenvalue weighted by Gasteiger charge is 2.24. The fraction of sp³-hybridized carbons (Fsp3) is 0.515. The summed E-state index contributed by atoms with van der Waals surface area (Å²) in [6.45, 7) is 14.1. The molecule has 0 saturated carbocycles. The molecule has 2 unspecified atom stereocenters. The van der Waals surface area contributed by atoms with Crippen molar-refractivity contribution >= 4 is 34.5 Å². The van der Waals surface area contributed by atoms with Gasteiger partial charge in [0.1, 0.15) is 11.8 Å². The van der Waals surface area contributed by atoms with Crippen LogP contribution in [0.4, 0.5) is 5.82 Å². The van der Waals surface area contributed by atoms with Gasteiger partial charge < -0.3 is 40.0 Å². The lowest BCUT2D eigenvalue weighted by Crippen LogP contribution is -2.50. The van der Waals surface area contributed by atoms with E-state index in [1.54, 1.807) is 50.4 Å². The molecule has 0 aliphatic rings. The van der Waals surface area contributed by atoms with Crippen molar-refractivity contribution in [3.05, 3.63) is 42.0 Å². The molecule has 45 heavy (non-hydrogen) atoms. The van der Waals surface area contributed by atoms with Crippen molar-refractivity contribution in [1.82, 2.24) is 15.4 Å². The quantitative estimate of drug-likeness (QED) is 0.191. The fourth-order valence-corrected chi connectivity index (χ4v) is 4.71. The van der Waals surface area contributed by atoms with Gasteiger partial charge in [-0.05, 0) is 83.7 Å². The number of nitrogens with two attached hydrogens (primary N) is 1. The Morgan fingerprint density at radius 3 is 2.18 bits per heavy atom. The summed E-state index contributed by atoms with van der Waals surface area (Å²) in [4.78, 5) is 39.7. The zero-order valence-corrected chi connectivity index (χ0v) is 27.5. The third-order valence-electron chi connectivity index (χ3n) is 7.28. The second kappa shape index (κ2) is 16.1. The van der Waals surface area contributed by atoms with Crippen molar-refractivity contribution < 1.29 is 33.1 Å². The largest absolute Gasteiger partial charge is 0.493 e. The van der Waals surface area contributed by atoms with Gasteiger partial charge in [0.25, 0.3) is 5.91 Å². The number of aromatic nitrogens is 1. The van der Waals surface area contributed by atoms with Crippen LogP contribution in [0.1, 0.15) is 71.7 Å². The van der Waals surface area contributed by atoms with E-state index in [-0.39, 0.29) is 29.7 Å². The van der Waals surface area contributed by atoms with E-state index < -0.39 is 23.9 Å². The summed E-state index contributed by atoms with van der Waals surface area (Å²) >= 11 is 0. The van der Waals surface area contributed by atoms with Gasteiger partial charge in [-0.15, -0.1) is 0 Å². The Morgan fingerprint density at radius 1 is 0.889 bits per heavy atom. The molecular formula is C33H47N5O7. The average molecular weight is 626 g/mol. The van der Waals surface area contributed by atoms with Crippen LogP contribution in [0.3, 0.4) is 0 Å². The number of ether oxygens (including phenoxy) is 3. The second-order valence-electron chi connectivity index (χ2n) is 11.8. The lowest BCUT2D eigenvalue weighted by atomic mass is 10.0. The fourth-order valence-electron chi connectivity index (χ4n) is 4.71. The molecule has 0 bridgehead atoms. The Bertz CT molecular complexity index is 1440. The maximum atomic E-state index is 13.0. The van der Waals surface area contributed by atoms with Gasteiger partial charge >= 0.3 is 0 Å². The molecule has 0 fully saturated rings. The molecule has 3 aromatic rings. The molecule has 246 valence electrons. The number of hydrogen-bond donors (Lipinski definition) is 3. The Balaban J connectivity index is 1.47. The van der Waals surface area contributed by atoms with Gasteiger partial charge in [-0.25, -0.2) is 0 Å². The molecule has 0 spiro atoms. The Kier molecular flexibility index (Phi) is 12.6. The molecule has 3 rings (SSSR count). The SMILES string of the molecule is COc1cc(C(=O)N(C(C)C)C(C)C)ccc1OCCCCOc1ccc2c(NC(=O)C(C)NC(=O)C(N)C(C)C)noc2c1. The number of nitrogens with zero attached hydrogens (tertiary/aromatic N) is 2. The predicted octanol–water partition coefficient (Wildman–Crippen LogP) is 4.76. The van der Waals surface area contributed by atoms with Crippen LogP contribution in [0.25, 0.3) is 11.0 Å². The second-order valence-corrected chi connectivity index (χ2v) is 11.8. The Hall–Kier alpha value is -4.32. The third kappa shape index (κ3) is 9.34. The molecule has 0 aliphatic heterocycles. The van der Waals surface area contributed by atoms with Crippen LogP contribution in [-0.4, -0.2) is 72.3 Å². The van der Waals surface area contributed by atoms with Gasteiger partial charge in [0.2, 0.25) is 11.8 Å². The summed E-state index contributed by atoms with van der Waals surface area (Å²) in [6, 6.07) is 9.12. The molecule has 0 radical (unpaired) electrons. The molecule has 0 aliphatic carbocycles. The van der Waals surface area contributed by atoms with E-state index in [2.05, 4.69) is 15.8 Å². The van der Waals surface area contributed by atoms with Crippen LogP contribution >= 0.6 is 0 Å². The number of rotatable bonds is 16. The number of hydrogen-bond acceptors (Lipinski definition) is 9. The van der Waals surface area contributed by atoms with Crippen LogP contribution in [-0.2, 0) is 9.59 Å². The summed E-state index contributed by atoms with van der Waals surface area (Å²) < 4.78 is 22.7. The van der Waals surface area contributed by atoms with Crippen LogP contribution < -0.4 is 30.6 Å². The Labute approximate surface area is 264 Å². The van der Waals surface area contributed by atoms with Gasteiger partial charge in [0.15, 0.2) is 22.9 Å². The van der Waals surface area contributed by atoms with Crippen molar-refractivity contribution in [3.8, 4) is 17.2 Å². The van der Waals surface area contributed by atoms with Crippen molar-refractivity contribution in [2.45, 2.75) is 85.5 Å². The molecule has 2 aromatic carbocycles. The Morgan fingerprint density at radius 2 is 1.56 bits per heavy atom. The van der Waals surface area contributed by atoms with Crippen LogP contribution in [0.5, 0.6) is 17.2 Å². The van der Waals surface area contributed by atoms with Crippen molar-refractivity contribution in [2.24, 2.45) is 11.7 Å². The number of fused-ring (bicyclic) bond motifs is 1. The normalized spacial score (nSPS) is 12.7. The summed E-state index contributed by atoms with van der Waals surface area (Å²) in [7, 11) is 1.56. The maximum Gasteiger partial charge on any atom is 0.254 e. The van der Waals surface area contributed by atoms with E-state index in [9.17, 15) is 14.4 Å². The van der Waals surface area contributed by atoms with Crippen LogP contribution in [0.2, 0.25) is 0 Å². The molecule has 1 heterocycles. The molecule has 12 nitrogen and oxygen atoms in total. The first-order valence-electron chi connectivity index (χ1n) is 15.4. The van der Waals surface area contributed by atoms with Crippen LogP contribution in [0, 0.1) is 5.92 Å². The number of carbonyl (C=O) groups is 3.